The Morgan fingerprint density at radius 1 is 0.909 bits per heavy atom. The van der Waals surface area contributed by atoms with E-state index in [1.807, 2.05) is 24.3 Å². The van der Waals surface area contributed by atoms with Crippen molar-refractivity contribution in [3.8, 4) is 0 Å². The number of rotatable bonds is 4. The molecule has 1 aromatic carbocycles. The standard InChI is InChI=1S/C8H6N.3C2H4O2.Pb/c1-2-4-8-7(3-1)5-6-9-8;3*1-2(3)4;/h1-5,9H;3*1H3,(H,3,4);/q;;;;+3/p-3. The second-order valence-corrected chi connectivity index (χ2v) is 13.4. The number of benzene rings is 1. The van der Waals surface area contributed by atoms with Gasteiger partial charge in [0.05, 0.1) is 0 Å². The molecule has 0 saturated carbocycles. The fourth-order valence-corrected chi connectivity index (χ4v) is 10.6. The van der Waals surface area contributed by atoms with Crippen molar-refractivity contribution in [2.75, 3.05) is 0 Å². The molecule has 0 aliphatic heterocycles. The molecule has 1 N–H and O–H groups in total. The third-order valence-corrected chi connectivity index (χ3v) is 12.8. The first-order chi connectivity index (χ1) is 10.3. The molecule has 1 heterocycles. The van der Waals surface area contributed by atoms with Crippen molar-refractivity contribution in [3.63, 3.8) is 0 Å². The van der Waals surface area contributed by atoms with Crippen molar-refractivity contribution in [2.45, 2.75) is 20.8 Å². The maximum atomic E-state index is 11.4. The van der Waals surface area contributed by atoms with Crippen molar-refractivity contribution in [1.29, 1.82) is 0 Å². The van der Waals surface area contributed by atoms with Gasteiger partial charge in [-0.25, -0.2) is 0 Å². The summed E-state index contributed by atoms with van der Waals surface area (Å²) in [6.07, 6.45) is 0. The quantitative estimate of drug-likeness (QED) is 0.630. The first-order valence-electron chi connectivity index (χ1n) is 6.49. The zero-order chi connectivity index (χ0) is 16.3. The fraction of sp³-hybridized carbons (Fsp3) is 0.214. The van der Waals surface area contributed by atoms with Gasteiger partial charge in [-0.05, 0) is 0 Å². The third-order valence-electron chi connectivity index (χ3n) is 2.69. The zero-order valence-corrected chi connectivity index (χ0v) is 16.2. The summed E-state index contributed by atoms with van der Waals surface area (Å²) >= 11 is -5.11. The van der Waals surface area contributed by atoms with Gasteiger partial charge in [-0.15, -0.1) is 0 Å². The van der Waals surface area contributed by atoms with E-state index in [4.69, 9.17) is 8.06 Å². The van der Waals surface area contributed by atoms with Gasteiger partial charge < -0.3 is 0 Å². The van der Waals surface area contributed by atoms with Crippen LogP contribution in [0.1, 0.15) is 20.8 Å². The average molecular weight is 500 g/mol. The number of para-hydroxylation sites is 1. The van der Waals surface area contributed by atoms with E-state index in [0.29, 0.717) is 3.25 Å². The Kier molecular flexibility index (Phi) is 4.84. The van der Waals surface area contributed by atoms with Crippen LogP contribution in [-0.2, 0) is 22.4 Å². The van der Waals surface area contributed by atoms with E-state index < -0.39 is 40.4 Å². The zero-order valence-electron chi connectivity index (χ0n) is 12.3. The van der Waals surface area contributed by atoms with Gasteiger partial charge >= 0.3 is 133 Å². The monoisotopic (exact) mass is 501 g/mol. The number of hydrogen-bond acceptors (Lipinski definition) is 6. The van der Waals surface area contributed by atoms with Crippen LogP contribution in [0.2, 0.25) is 0 Å². The summed E-state index contributed by atoms with van der Waals surface area (Å²) in [5, 5.41) is 0.827. The van der Waals surface area contributed by atoms with Gasteiger partial charge in [-0.2, -0.15) is 0 Å². The molecule has 1 aromatic heterocycles. The van der Waals surface area contributed by atoms with Crippen LogP contribution < -0.4 is 3.25 Å². The molecule has 0 aliphatic rings. The van der Waals surface area contributed by atoms with Gasteiger partial charge in [-0.1, -0.05) is 0 Å². The molecule has 0 amide bonds. The summed E-state index contributed by atoms with van der Waals surface area (Å²) in [6, 6.07) is 8.98. The Bertz CT molecular complexity index is 664. The molecule has 0 atom stereocenters. The number of carbonyl (C=O) groups is 3. The second-order valence-electron chi connectivity index (χ2n) is 4.61. The fourth-order valence-electron chi connectivity index (χ4n) is 2.03. The van der Waals surface area contributed by atoms with Gasteiger partial charge in [0.2, 0.25) is 0 Å². The van der Waals surface area contributed by atoms with Crippen molar-refractivity contribution in [3.05, 3.63) is 30.3 Å². The summed E-state index contributed by atoms with van der Waals surface area (Å²) < 4.78 is 16.1. The first kappa shape index (κ1) is 16.5. The normalized spacial score (nSPS) is 11.0. The van der Waals surface area contributed by atoms with Crippen LogP contribution in [-0.4, -0.2) is 45.4 Å². The molecular formula is C14H15NO6Pb. The van der Waals surface area contributed by atoms with Crippen molar-refractivity contribution >= 4 is 54.6 Å². The predicted molar refractivity (Wildman–Crippen MR) is 79.0 cm³/mol. The molecule has 0 spiro atoms. The molecule has 22 heavy (non-hydrogen) atoms. The molecule has 2 aromatic rings. The van der Waals surface area contributed by atoms with Crippen LogP contribution in [0, 0.1) is 0 Å². The molecule has 0 fully saturated rings. The molecular weight excluding hydrogens is 485 g/mol. The molecule has 0 unspecified atom stereocenters. The van der Waals surface area contributed by atoms with Crippen LogP contribution >= 0.6 is 0 Å². The Labute approximate surface area is 133 Å². The Balaban J connectivity index is 2.59. The van der Waals surface area contributed by atoms with Crippen LogP contribution in [0.15, 0.2) is 30.3 Å². The molecule has 7 nitrogen and oxygen atoms in total. The number of aromatic nitrogens is 1. The molecule has 2 rings (SSSR count). The van der Waals surface area contributed by atoms with E-state index in [0.717, 1.165) is 10.9 Å². The number of nitrogens with one attached hydrogen (secondary N) is 1. The van der Waals surface area contributed by atoms with E-state index in [1.54, 1.807) is 6.07 Å². The van der Waals surface area contributed by atoms with Crippen molar-refractivity contribution < 1.29 is 22.4 Å². The minimum absolute atomic E-state index is 0.342. The van der Waals surface area contributed by atoms with Crippen molar-refractivity contribution in [1.82, 2.24) is 4.98 Å². The summed E-state index contributed by atoms with van der Waals surface area (Å²) in [6.45, 7) is 3.51. The first-order valence-corrected chi connectivity index (χ1v) is 13.2. The summed E-state index contributed by atoms with van der Waals surface area (Å²) in [5.74, 6) is -2.03. The van der Waals surface area contributed by atoms with Gasteiger partial charge in [0.15, 0.2) is 0 Å². The van der Waals surface area contributed by atoms with Crippen molar-refractivity contribution in [2.24, 2.45) is 0 Å². The Morgan fingerprint density at radius 2 is 1.41 bits per heavy atom. The minimum atomic E-state index is -5.11. The average Bonchev–Trinajstić information content (AvgIpc) is 2.80. The molecule has 116 valence electrons. The van der Waals surface area contributed by atoms with E-state index >= 15 is 0 Å². The number of fused-ring (bicyclic) bond motifs is 1. The number of aromatic amines is 1. The topological polar surface area (TPSA) is 94.7 Å². The van der Waals surface area contributed by atoms with Crippen LogP contribution in [0.4, 0.5) is 0 Å². The Morgan fingerprint density at radius 3 is 1.86 bits per heavy atom. The van der Waals surface area contributed by atoms with Crippen LogP contribution in [0.5, 0.6) is 0 Å². The van der Waals surface area contributed by atoms with Gasteiger partial charge in [0.25, 0.3) is 0 Å². The van der Waals surface area contributed by atoms with Gasteiger partial charge in [0.1, 0.15) is 0 Å². The van der Waals surface area contributed by atoms with Gasteiger partial charge in [0, 0.05) is 0 Å². The van der Waals surface area contributed by atoms with E-state index in [1.165, 1.54) is 20.8 Å². The Hall–Kier alpha value is -1.91. The number of H-pyrrole nitrogens is 1. The molecule has 8 heteroatoms. The predicted octanol–water partition coefficient (Wildman–Crippen LogP) is 1.00. The second kappa shape index (κ2) is 6.46. The summed E-state index contributed by atoms with van der Waals surface area (Å²) in [7, 11) is 0. The number of carbonyl (C=O) groups excluding carboxylic acids is 3. The van der Waals surface area contributed by atoms with E-state index in [9.17, 15) is 14.4 Å². The number of hydrogen-bond donors (Lipinski definition) is 1. The van der Waals surface area contributed by atoms with Crippen LogP contribution in [0.25, 0.3) is 10.9 Å². The third kappa shape index (κ3) is 3.64. The summed E-state index contributed by atoms with van der Waals surface area (Å²) in [5.41, 5.74) is 0.758. The summed E-state index contributed by atoms with van der Waals surface area (Å²) in [4.78, 5) is 37.4. The molecule has 0 aliphatic carbocycles. The van der Waals surface area contributed by atoms with Gasteiger partial charge in [-0.3, -0.25) is 0 Å². The van der Waals surface area contributed by atoms with E-state index in [-0.39, 0.29) is 0 Å². The SMILES string of the molecule is CC(=O)[O][Pb]([O]C(C)=O)([O]C(C)=O)[c]1cc2ccccc2[nH]1. The molecule has 0 saturated heterocycles. The molecule has 0 radical (unpaired) electrons. The van der Waals surface area contributed by atoms with Crippen LogP contribution in [0.3, 0.4) is 0 Å². The maximum absolute atomic E-state index is 11.4. The molecule has 0 bridgehead atoms. The van der Waals surface area contributed by atoms with E-state index in [2.05, 4.69) is 4.98 Å².